The van der Waals surface area contributed by atoms with Crippen LogP contribution < -0.4 is 15.4 Å². The summed E-state index contributed by atoms with van der Waals surface area (Å²) in [6, 6.07) is 5.91. The first-order valence-corrected chi connectivity index (χ1v) is 7.08. The van der Waals surface area contributed by atoms with Crippen LogP contribution in [0.25, 0.3) is 0 Å². The molecule has 5 heteroatoms. The first kappa shape index (κ1) is 14.8. The second-order valence-electron chi connectivity index (χ2n) is 5.13. The minimum absolute atomic E-state index is 0.0133. The molecular weight excluding hydrogens is 259 g/mol. The van der Waals surface area contributed by atoms with E-state index in [1.165, 1.54) is 12.1 Å². The highest BCUT2D eigenvalue weighted by Crippen LogP contribution is 2.13. The Morgan fingerprint density at radius 1 is 1.55 bits per heavy atom. The first-order chi connectivity index (χ1) is 9.65. The molecule has 0 aliphatic carbocycles. The molecule has 2 unspecified atom stereocenters. The predicted octanol–water partition coefficient (Wildman–Crippen LogP) is 1.85. The Balaban J connectivity index is 1.74. The first-order valence-electron chi connectivity index (χ1n) is 7.08. The Morgan fingerprint density at radius 3 is 3.10 bits per heavy atom. The van der Waals surface area contributed by atoms with Crippen molar-refractivity contribution in [3.05, 3.63) is 30.1 Å². The zero-order valence-electron chi connectivity index (χ0n) is 11.7. The highest BCUT2D eigenvalue weighted by molar-refractivity contribution is 5.81. The van der Waals surface area contributed by atoms with E-state index in [4.69, 9.17) is 4.74 Å². The summed E-state index contributed by atoms with van der Waals surface area (Å²) in [5.41, 5.74) is 0. The monoisotopic (exact) mass is 280 g/mol. The van der Waals surface area contributed by atoms with Crippen LogP contribution in [-0.4, -0.2) is 31.1 Å². The highest BCUT2D eigenvalue weighted by atomic mass is 19.1. The molecule has 0 spiro atoms. The number of carbonyl (C=O) groups is 1. The topological polar surface area (TPSA) is 50.4 Å². The van der Waals surface area contributed by atoms with Gasteiger partial charge in [0.25, 0.3) is 0 Å². The third-order valence-electron chi connectivity index (χ3n) is 3.32. The van der Waals surface area contributed by atoms with E-state index >= 15 is 0 Å². The van der Waals surface area contributed by atoms with E-state index in [1.807, 2.05) is 6.92 Å². The normalized spacial score (nSPS) is 20.2. The van der Waals surface area contributed by atoms with Crippen molar-refractivity contribution in [3.63, 3.8) is 0 Å². The standard InChI is InChI=1S/C15H21FN2O2/c1-11(20-13-6-4-5-12(16)9-13)10-18-15(19)14-7-2-3-8-17-14/h4-6,9,11,14,17H,2-3,7-8,10H2,1H3,(H,18,19). The number of hydrogen-bond donors (Lipinski definition) is 2. The summed E-state index contributed by atoms with van der Waals surface area (Å²) >= 11 is 0. The smallest absolute Gasteiger partial charge is 0.237 e. The van der Waals surface area contributed by atoms with Crippen molar-refractivity contribution in [3.8, 4) is 5.75 Å². The van der Waals surface area contributed by atoms with E-state index < -0.39 is 0 Å². The second-order valence-corrected chi connectivity index (χ2v) is 5.13. The SMILES string of the molecule is CC(CNC(=O)C1CCCCN1)Oc1cccc(F)c1. The molecule has 1 fully saturated rings. The van der Waals surface area contributed by atoms with Crippen LogP contribution in [0.3, 0.4) is 0 Å². The van der Waals surface area contributed by atoms with Gasteiger partial charge < -0.3 is 15.4 Å². The molecule has 2 N–H and O–H groups in total. The molecule has 0 radical (unpaired) electrons. The van der Waals surface area contributed by atoms with E-state index in [2.05, 4.69) is 10.6 Å². The van der Waals surface area contributed by atoms with Gasteiger partial charge in [-0.2, -0.15) is 0 Å². The fourth-order valence-corrected chi connectivity index (χ4v) is 2.26. The fraction of sp³-hybridized carbons (Fsp3) is 0.533. The summed E-state index contributed by atoms with van der Waals surface area (Å²) in [6.07, 6.45) is 2.89. The third kappa shape index (κ3) is 4.49. The van der Waals surface area contributed by atoms with Gasteiger partial charge >= 0.3 is 0 Å². The number of amides is 1. The summed E-state index contributed by atoms with van der Waals surface area (Å²) in [4.78, 5) is 11.9. The van der Waals surface area contributed by atoms with Crippen molar-refractivity contribution in [1.82, 2.24) is 10.6 Å². The molecule has 20 heavy (non-hydrogen) atoms. The van der Waals surface area contributed by atoms with Crippen LogP contribution in [-0.2, 0) is 4.79 Å². The van der Waals surface area contributed by atoms with Crippen LogP contribution in [0, 0.1) is 5.82 Å². The molecule has 1 heterocycles. The van der Waals surface area contributed by atoms with Gasteiger partial charge in [-0.1, -0.05) is 12.5 Å². The van der Waals surface area contributed by atoms with Crippen molar-refractivity contribution in [2.24, 2.45) is 0 Å². The summed E-state index contributed by atoms with van der Waals surface area (Å²) in [5, 5.41) is 6.06. The lowest BCUT2D eigenvalue weighted by Gasteiger charge is -2.23. The van der Waals surface area contributed by atoms with Crippen LogP contribution in [0.15, 0.2) is 24.3 Å². The predicted molar refractivity (Wildman–Crippen MR) is 75.1 cm³/mol. The average Bonchev–Trinajstić information content (AvgIpc) is 2.46. The molecule has 1 amide bonds. The minimum Gasteiger partial charge on any atom is -0.489 e. The minimum atomic E-state index is -0.329. The van der Waals surface area contributed by atoms with Gasteiger partial charge in [0, 0.05) is 6.07 Å². The average molecular weight is 280 g/mol. The van der Waals surface area contributed by atoms with Gasteiger partial charge in [-0.3, -0.25) is 4.79 Å². The summed E-state index contributed by atoms with van der Waals surface area (Å²) in [6.45, 7) is 3.15. The summed E-state index contributed by atoms with van der Waals surface area (Å²) in [7, 11) is 0. The lowest BCUT2D eigenvalue weighted by Crippen LogP contribution is -2.48. The fourth-order valence-electron chi connectivity index (χ4n) is 2.26. The number of piperidine rings is 1. The van der Waals surface area contributed by atoms with E-state index in [0.29, 0.717) is 12.3 Å². The Hall–Kier alpha value is -1.62. The van der Waals surface area contributed by atoms with Gasteiger partial charge in [-0.25, -0.2) is 4.39 Å². The molecule has 1 aromatic carbocycles. The van der Waals surface area contributed by atoms with Gasteiger partial charge in [0.05, 0.1) is 12.6 Å². The quantitative estimate of drug-likeness (QED) is 0.865. The molecule has 1 aliphatic heterocycles. The van der Waals surface area contributed by atoms with Crippen LogP contribution >= 0.6 is 0 Å². The third-order valence-corrected chi connectivity index (χ3v) is 3.32. The highest BCUT2D eigenvalue weighted by Gasteiger charge is 2.20. The molecule has 0 saturated carbocycles. The largest absolute Gasteiger partial charge is 0.489 e. The number of hydrogen-bond acceptors (Lipinski definition) is 3. The Morgan fingerprint density at radius 2 is 2.40 bits per heavy atom. The Labute approximate surface area is 118 Å². The molecule has 4 nitrogen and oxygen atoms in total. The molecule has 2 rings (SSSR count). The number of ether oxygens (including phenoxy) is 1. The van der Waals surface area contributed by atoms with Crippen LogP contribution in [0.1, 0.15) is 26.2 Å². The van der Waals surface area contributed by atoms with E-state index in [9.17, 15) is 9.18 Å². The van der Waals surface area contributed by atoms with Crippen LogP contribution in [0.4, 0.5) is 4.39 Å². The number of carbonyl (C=O) groups excluding carboxylic acids is 1. The molecule has 1 aliphatic rings. The van der Waals surface area contributed by atoms with Gasteiger partial charge in [0.15, 0.2) is 0 Å². The molecule has 1 aromatic rings. The maximum atomic E-state index is 13.0. The lowest BCUT2D eigenvalue weighted by molar-refractivity contribution is -0.124. The molecule has 1 saturated heterocycles. The van der Waals surface area contributed by atoms with E-state index in [-0.39, 0.29) is 23.9 Å². The molecule has 2 atom stereocenters. The van der Waals surface area contributed by atoms with Gasteiger partial charge in [0.1, 0.15) is 17.7 Å². The van der Waals surface area contributed by atoms with Crippen molar-refractivity contribution >= 4 is 5.91 Å². The summed E-state index contributed by atoms with van der Waals surface area (Å²) in [5.74, 6) is 0.159. The molecule has 0 bridgehead atoms. The second kappa shape index (κ2) is 7.24. The van der Waals surface area contributed by atoms with Gasteiger partial charge in [0.2, 0.25) is 5.91 Å². The molecular formula is C15H21FN2O2. The van der Waals surface area contributed by atoms with E-state index in [1.54, 1.807) is 12.1 Å². The van der Waals surface area contributed by atoms with Gasteiger partial charge in [-0.15, -0.1) is 0 Å². The van der Waals surface area contributed by atoms with E-state index in [0.717, 1.165) is 25.8 Å². The van der Waals surface area contributed by atoms with Crippen molar-refractivity contribution in [1.29, 1.82) is 0 Å². The van der Waals surface area contributed by atoms with Crippen molar-refractivity contribution in [2.75, 3.05) is 13.1 Å². The van der Waals surface area contributed by atoms with Crippen LogP contribution in [0.5, 0.6) is 5.75 Å². The van der Waals surface area contributed by atoms with Crippen molar-refractivity contribution in [2.45, 2.75) is 38.3 Å². The van der Waals surface area contributed by atoms with Crippen molar-refractivity contribution < 1.29 is 13.9 Å². The zero-order valence-corrected chi connectivity index (χ0v) is 11.7. The number of halogens is 1. The van der Waals surface area contributed by atoms with Gasteiger partial charge in [-0.05, 0) is 38.4 Å². The summed E-state index contributed by atoms with van der Waals surface area (Å²) < 4.78 is 18.6. The Bertz CT molecular complexity index is 447. The number of benzene rings is 1. The van der Waals surface area contributed by atoms with Crippen LogP contribution in [0.2, 0.25) is 0 Å². The number of rotatable bonds is 5. The number of nitrogens with one attached hydrogen (secondary N) is 2. The zero-order chi connectivity index (χ0) is 14.4. The maximum Gasteiger partial charge on any atom is 0.237 e. The maximum absolute atomic E-state index is 13.0. The lowest BCUT2D eigenvalue weighted by atomic mass is 10.0. The molecule has 110 valence electrons. The molecule has 0 aromatic heterocycles. The Kier molecular flexibility index (Phi) is 5.35.